The van der Waals surface area contributed by atoms with E-state index in [0.29, 0.717) is 0 Å². The second-order valence-corrected chi connectivity index (χ2v) is 5.75. The third-order valence-corrected chi connectivity index (χ3v) is 4.53. The fourth-order valence-electron chi connectivity index (χ4n) is 1.51. The number of hydrogen-bond donors (Lipinski definition) is 1. The van der Waals surface area contributed by atoms with Crippen LogP contribution in [0.1, 0.15) is 17.8 Å². The summed E-state index contributed by atoms with van der Waals surface area (Å²) >= 11 is 11.2. The van der Waals surface area contributed by atoms with Gasteiger partial charge in [-0.05, 0) is 52.5 Å². The molecule has 0 spiro atoms. The van der Waals surface area contributed by atoms with Gasteiger partial charge in [0.25, 0.3) is 0 Å². The Morgan fingerprint density at radius 2 is 2.19 bits per heavy atom. The average Bonchev–Trinajstić information content (AvgIpc) is 2.64. The molecule has 2 aromatic rings. The molecule has 1 N–H and O–H groups in total. The summed E-state index contributed by atoms with van der Waals surface area (Å²) in [5, 5.41) is 6.25. The number of anilines is 1. The molecule has 1 heterocycles. The largest absolute Gasteiger partial charge is 0.378 e. The molecule has 1 nitrogen and oxygen atoms in total. The molecule has 84 valence electrons. The minimum absolute atomic E-state index is 0.271. The summed E-state index contributed by atoms with van der Waals surface area (Å²) in [6.07, 6.45) is 0. The molecule has 1 aromatic carbocycles. The zero-order chi connectivity index (χ0) is 11.5. The number of hydrogen-bond acceptors (Lipinski definition) is 2. The molecular weight excluding hydrogens is 306 g/mol. The van der Waals surface area contributed by atoms with Gasteiger partial charge >= 0.3 is 0 Å². The lowest BCUT2D eigenvalue weighted by Crippen LogP contribution is -2.05. The van der Waals surface area contributed by atoms with Gasteiger partial charge in [0.2, 0.25) is 0 Å². The molecule has 1 atom stereocenters. The van der Waals surface area contributed by atoms with Crippen molar-refractivity contribution in [3.63, 3.8) is 0 Å². The van der Waals surface area contributed by atoms with E-state index in [2.05, 4.69) is 39.6 Å². The van der Waals surface area contributed by atoms with Crippen LogP contribution >= 0.6 is 38.9 Å². The molecule has 0 aliphatic carbocycles. The van der Waals surface area contributed by atoms with Gasteiger partial charge in [0.05, 0.1) is 6.04 Å². The Morgan fingerprint density at radius 3 is 2.81 bits per heavy atom. The number of nitrogens with one attached hydrogen (secondary N) is 1. The molecule has 1 unspecified atom stereocenters. The molecule has 16 heavy (non-hydrogen) atoms. The zero-order valence-electron chi connectivity index (χ0n) is 8.71. The van der Waals surface area contributed by atoms with Crippen molar-refractivity contribution in [2.45, 2.75) is 13.0 Å². The van der Waals surface area contributed by atoms with Gasteiger partial charge < -0.3 is 5.32 Å². The van der Waals surface area contributed by atoms with Crippen LogP contribution in [0.2, 0.25) is 5.02 Å². The Hall–Kier alpha value is -0.510. The van der Waals surface area contributed by atoms with Gasteiger partial charge in [-0.3, -0.25) is 0 Å². The summed E-state index contributed by atoms with van der Waals surface area (Å²) in [5.74, 6) is 0. The molecule has 0 amide bonds. The maximum absolute atomic E-state index is 5.94. The van der Waals surface area contributed by atoms with Gasteiger partial charge in [0, 0.05) is 20.1 Å². The number of thiophene rings is 1. The van der Waals surface area contributed by atoms with E-state index in [1.54, 1.807) is 11.3 Å². The van der Waals surface area contributed by atoms with Crippen molar-refractivity contribution in [3.8, 4) is 0 Å². The standard InChI is InChI=1S/C12H11BrClNS/c1-8(12-11(13)5-6-16-12)15-10-4-2-3-9(14)7-10/h2-8,15H,1H3. The Bertz CT molecular complexity index is 483. The van der Waals surface area contributed by atoms with Crippen LogP contribution in [0.4, 0.5) is 5.69 Å². The summed E-state index contributed by atoms with van der Waals surface area (Å²) < 4.78 is 1.15. The number of rotatable bonds is 3. The van der Waals surface area contributed by atoms with E-state index in [-0.39, 0.29) is 6.04 Å². The van der Waals surface area contributed by atoms with Gasteiger partial charge in [0.15, 0.2) is 0 Å². The van der Waals surface area contributed by atoms with E-state index >= 15 is 0 Å². The highest BCUT2D eigenvalue weighted by Gasteiger charge is 2.10. The molecule has 0 fully saturated rings. The van der Waals surface area contributed by atoms with Crippen LogP contribution < -0.4 is 5.32 Å². The highest BCUT2D eigenvalue weighted by atomic mass is 79.9. The fraction of sp³-hybridized carbons (Fsp3) is 0.167. The highest BCUT2D eigenvalue weighted by molar-refractivity contribution is 9.10. The Kier molecular flexibility index (Phi) is 3.90. The first-order valence-electron chi connectivity index (χ1n) is 4.92. The lowest BCUT2D eigenvalue weighted by Gasteiger charge is -2.14. The SMILES string of the molecule is CC(Nc1cccc(Cl)c1)c1sccc1Br. The summed E-state index contributed by atoms with van der Waals surface area (Å²) in [6, 6.07) is 10.1. The molecule has 0 aliphatic heterocycles. The first-order chi connectivity index (χ1) is 7.66. The van der Waals surface area contributed by atoms with E-state index < -0.39 is 0 Å². The van der Waals surface area contributed by atoms with E-state index in [9.17, 15) is 0 Å². The van der Waals surface area contributed by atoms with Crippen LogP contribution in [-0.4, -0.2) is 0 Å². The molecule has 0 aliphatic rings. The lowest BCUT2D eigenvalue weighted by molar-refractivity contribution is 0.903. The monoisotopic (exact) mass is 315 g/mol. The van der Waals surface area contributed by atoms with Gasteiger partial charge in [0.1, 0.15) is 0 Å². The Labute approximate surface area is 113 Å². The summed E-state index contributed by atoms with van der Waals surface area (Å²) in [5.41, 5.74) is 1.04. The predicted octanol–water partition coefficient (Wildman–Crippen LogP) is 5.34. The van der Waals surface area contributed by atoms with Crippen LogP contribution in [0.3, 0.4) is 0 Å². The topological polar surface area (TPSA) is 12.0 Å². The molecule has 2 rings (SSSR count). The van der Waals surface area contributed by atoms with E-state index in [1.165, 1.54) is 4.88 Å². The van der Waals surface area contributed by atoms with Crippen LogP contribution in [-0.2, 0) is 0 Å². The minimum atomic E-state index is 0.271. The third kappa shape index (κ3) is 2.78. The Balaban J connectivity index is 2.14. The highest BCUT2D eigenvalue weighted by Crippen LogP contribution is 2.31. The minimum Gasteiger partial charge on any atom is -0.378 e. The third-order valence-electron chi connectivity index (χ3n) is 2.25. The van der Waals surface area contributed by atoms with E-state index in [4.69, 9.17) is 11.6 Å². The van der Waals surface area contributed by atoms with Crippen molar-refractivity contribution in [1.82, 2.24) is 0 Å². The van der Waals surface area contributed by atoms with Crippen LogP contribution in [0.15, 0.2) is 40.2 Å². The van der Waals surface area contributed by atoms with Gasteiger partial charge in [-0.2, -0.15) is 0 Å². The molecule has 1 aromatic heterocycles. The lowest BCUT2D eigenvalue weighted by atomic mass is 10.2. The van der Waals surface area contributed by atoms with Gasteiger partial charge in [-0.15, -0.1) is 11.3 Å². The fourth-order valence-corrected chi connectivity index (χ4v) is 3.42. The second-order valence-electron chi connectivity index (χ2n) is 3.51. The van der Waals surface area contributed by atoms with Crippen molar-refractivity contribution in [2.24, 2.45) is 0 Å². The molecule has 0 radical (unpaired) electrons. The van der Waals surface area contributed by atoms with Crippen molar-refractivity contribution >= 4 is 44.6 Å². The quantitative estimate of drug-likeness (QED) is 0.806. The smallest absolute Gasteiger partial charge is 0.0589 e. The maximum Gasteiger partial charge on any atom is 0.0589 e. The van der Waals surface area contributed by atoms with Gasteiger partial charge in [-0.1, -0.05) is 17.7 Å². The van der Waals surface area contributed by atoms with Crippen molar-refractivity contribution in [3.05, 3.63) is 50.1 Å². The molecule has 4 heteroatoms. The summed E-state index contributed by atoms with van der Waals surface area (Å²) in [4.78, 5) is 1.29. The van der Waals surface area contributed by atoms with Crippen molar-refractivity contribution in [2.75, 3.05) is 5.32 Å². The maximum atomic E-state index is 5.94. The molecule has 0 saturated heterocycles. The molecule has 0 saturated carbocycles. The first-order valence-corrected chi connectivity index (χ1v) is 6.97. The van der Waals surface area contributed by atoms with Crippen molar-refractivity contribution in [1.29, 1.82) is 0 Å². The summed E-state index contributed by atoms with van der Waals surface area (Å²) in [6.45, 7) is 2.14. The average molecular weight is 317 g/mol. The second kappa shape index (κ2) is 5.21. The predicted molar refractivity (Wildman–Crippen MR) is 75.5 cm³/mol. The number of halogens is 2. The summed E-state index contributed by atoms with van der Waals surface area (Å²) in [7, 11) is 0. The normalized spacial score (nSPS) is 12.4. The number of benzene rings is 1. The van der Waals surface area contributed by atoms with E-state index in [0.717, 1.165) is 15.2 Å². The molecule has 0 bridgehead atoms. The van der Waals surface area contributed by atoms with Crippen LogP contribution in [0.5, 0.6) is 0 Å². The van der Waals surface area contributed by atoms with Crippen LogP contribution in [0.25, 0.3) is 0 Å². The van der Waals surface area contributed by atoms with E-state index in [1.807, 2.05) is 24.3 Å². The zero-order valence-corrected chi connectivity index (χ0v) is 11.9. The Morgan fingerprint density at radius 1 is 1.38 bits per heavy atom. The van der Waals surface area contributed by atoms with Gasteiger partial charge in [-0.25, -0.2) is 0 Å². The van der Waals surface area contributed by atoms with Crippen LogP contribution in [0, 0.1) is 0 Å². The molecular formula is C12H11BrClNS. The van der Waals surface area contributed by atoms with Crippen molar-refractivity contribution < 1.29 is 0 Å². The first kappa shape index (κ1) is 12.0.